The van der Waals surface area contributed by atoms with E-state index in [-0.39, 0.29) is 17.6 Å². The van der Waals surface area contributed by atoms with Crippen LogP contribution in [0.3, 0.4) is 0 Å². The van der Waals surface area contributed by atoms with E-state index < -0.39 is 0 Å². The van der Waals surface area contributed by atoms with Gasteiger partial charge in [-0.15, -0.1) is 0 Å². The molecule has 0 bridgehead atoms. The van der Waals surface area contributed by atoms with Gasteiger partial charge < -0.3 is 4.52 Å². The molecule has 1 saturated carbocycles. The van der Waals surface area contributed by atoms with Gasteiger partial charge in [0.1, 0.15) is 5.78 Å². The second-order valence-electron chi connectivity index (χ2n) is 5.03. The van der Waals surface area contributed by atoms with Gasteiger partial charge in [-0.05, 0) is 31.6 Å². The summed E-state index contributed by atoms with van der Waals surface area (Å²) < 4.78 is 5.20. The lowest BCUT2D eigenvalue weighted by Gasteiger charge is -2.12. The topological polar surface area (TPSA) is 56.0 Å². The molecule has 1 aromatic heterocycles. The Morgan fingerprint density at radius 3 is 2.69 bits per heavy atom. The second kappa shape index (κ2) is 4.36. The molecule has 2 rings (SSSR count). The van der Waals surface area contributed by atoms with Crippen molar-refractivity contribution >= 4 is 5.78 Å². The SMILES string of the molecule is CC(=O)C(c1nc(CC2CC2)no1)C(C)C. The highest BCUT2D eigenvalue weighted by molar-refractivity contribution is 5.82. The third-order valence-corrected chi connectivity index (χ3v) is 3.02. The fraction of sp³-hybridized carbons (Fsp3) is 0.750. The molecule has 4 heteroatoms. The Morgan fingerprint density at radius 2 is 2.19 bits per heavy atom. The molecule has 0 amide bonds. The van der Waals surface area contributed by atoms with Crippen LogP contribution in [0.1, 0.15) is 51.2 Å². The molecular weight excluding hydrogens is 204 g/mol. The van der Waals surface area contributed by atoms with Crippen molar-refractivity contribution in [1.82, 2.24) is 10.1 Å². The number of ketones is 1. The first kappa shape index (κ1) is 11.3. The summed E-state index contributed by atoms with van der Waals surface area (Å²) in [5.74, 6) is 2.02. The minimum absolute atomic E-state index is 0.0941. The minimum Gasteiger partial charge on any atom is -0.339 e. The first-order valence-corrected chi connectivity index (χ1v) is 5.91. The number of carbonyl (C=O) groups is 1. The van der Waals surface area contributed by atoms with Gasteiger partial charge >= 0.3 is 0 Å². The van der Waals surface area contributed by atoms with E-state index in [1.807, 2.05) is 13.8 Å². The van der Waals surface area contributed by atoms with Gasteiger partial charge in [0.2, 0.25) is 5.89 Å². The van der Waals surface area contributed by atoms with Crippen LogP contribution in [-0.4, -0.2) is 15.9 Å². The van der Waals surface area contributed by atoms with Crippen LogP contribution in [0.15, 0.2) is 4.52 Å². The highest BCUT2D eigenvalue weighted by Crippen LogP contribution is 2.32. The molecule has 1 aliphatic carbocycles. The lowest BCUT2D eigenvalue weighted by atomic mass is 9.92. The number of carbonyl (C=O) groups excluding carboxylic acids is 1. The van der Waals surface area contributed by atoms with Gasteiger partial charge in [0.25, 0.3) is 0 Å². The maximum atomic E-state index is 11.5. The first-order valence-electron chi connectivity index (χ1n) is 5.91. The van der Waals surface area contributed by atoms with Gasteiger partial charge in [0, 0.05) is 6.42 Å². The summed E-state index contributed by atoms with van der Waals surface area (Å²) in [6.45, 7) is 5.57. The molecule has 1 heterocycles. The standard InChI is InChI=1S/C12H18N2O2/c1-7(2)11(8(3)15)12-13-10(14-16-12)6-9-4-5-9/h7,9,11H,4-6H2,1-3H3. The normalized spacial score (nSPS) is 17.8. The molecule has 0 aliphatic heterocycles. The van der Waals surface area contributed by atoms with Crippen molar-refractivity contribution in [2.75, 3.05) is 0 Å². The Balaban J connectivity index is 2.11. The minimum atomic E-state index is -0.250. The molecule has 0 saturated heterocycles. The van der Waals surface area contributed by atoms with E-state index in [0.29, 0.717) is 5.89 Å². The Labute approximate surface area is 95.4 Å². The van der Waals surface area contributed by atoms with Crippen molar-refractivity contribution in [2.45, 2.75) is 46.0 Å². The Hall–Kier alpha value is -1.19. The summed E-state index contributed by atoms with van der Waals surface area (Å²) >= 11 is 0. The van der Waals surface area contributed by atoms with Crippen LogP contribution in [0.25, 0.3) is 0 Å². The van der Waals surface area contributed by atoms with E-state index in [9.17, 15) is 4.79 Å². The van der Waals surface area contributed by atoms with Gasteiger partial charge in [-0.25, -0.2) is 0 Å². The van der Waals surface area contributed by atoms with E-state index in [0.717, 1.165) is 18.2 Å². The molecule has 1 atom stereocenters. The second-order valence-corrected chi connectivity index (χ2v) is 5.03. The fourth-order valence-corrected chi connectivity index (χ4v) is 1.99. The van der Waals surface area contributed by atoms with E-state index in [2.05, 4.69) is 10.1 Å². The number of nitrogens with zero attached hydrogens (tertiary/aromatic N) is 2. The van der Waals surface area contributed by atoms with Crippen LogP contribution in [0.4, 0.5) is 0 Å². The molecule has 4 nitrogen and oxygen atoms in total. The van der Waals surface area contributed by atoms with Crippen molar-refractivity contribution in [1.29, 1.82) is 0 Å². The molecule has 16 heavy (non-hydrogen) atoms. The summed E-state index contributed by atoms with van der Waals surface area (Å²) in [6, 6.07) is 0. The predicted octanol–water partition coefficient (Wildman–Crippen LogP) is 2.35. The molecule has 1 aromatic rings. The molecular formula is C12H18N2O2. The van der Waals surface area contributed by atoms with Gasteiger partial charge in [-0.1, -0.05) is 19.0 Å². The number of Topliss-reactive ketones (excluding diaryl/α,β-unsaturated/α-hetero) is 1. The summed E-state index contributed by atoms with van der Waals surface area (Å²) in [4.78, 5) is 15.8. The van der Waals surface area contributed by atoms with E-state index in [1.165, 1.54) is 12.8 Å². The fourth-order valence-electron chi connectivity index (χ4n) is 1.99. The van der Waals surface area contributed by atoms with Crippen LogP contribution in [0, 0.1) is 11.8 Å². The van der Waals surface area contributed by atoms with E-state index >= 15 is 0 Å². The molecule has 0 spiro atoms. The highest BCUT2D eigenvalue weighted by atomic mass is 16.5. The number of rotatable bonds is 5. The van der Waals surface area contributed by atoms with Crippen molar-refractivity contribution < 1.29 is 9.32 Å². The van der Waals surface area contributed by atoms with Crippen molar-refractivity contribution in [3.8, 4) is 0 Å². The lowest BCUT2D eigenvalue weighted by Crippen LogP contribution is -2.15. The number of hydrogen-bond acceptors (Lipinski definition) is 4. The third kappa shape index (κ3) is 2.49. The third-order valence-electron chi connectivity index (χ3n) is 3.02. The van der Waals surface area contributed by atoms with Crippen molar-refractivity contribution in [3.63, 3.8) is 0 Å². The summed E-state index contributed by atoms with van der Waals surface area (Å²) in [5, 5.41) is 3.94. The average molecular weight is 222 g/mol. The van der Waals surface area contributed by atoms with Crippen LogP contribution < -0.4 is 0 Å². The van der Waals surface area contributed by atoms with Gasteiger partial charge in [-0.2, -0.15) is 4.98 Å². The Morgan fingerprint density at radius 1 is 1.50 bits per heavy atom. The molecule has 88 valence electrons. The van der Waals surface area contributed by atoms with Crippen LogP contribution in [0.2, 0.25) is 0 Å². The van der Waals surface area contributed by atoms with Gasteiger partial charge in [0.05, 0.1) is 5.92 Å². The van der Waals surface area contributed by atoms with Crippen LogP contribution in [-0.2, 0) is 11.2 Å². The quantitative estimate of drug-likeness (QED) is 0.767. The number of aromatic nitrogens is 2. The zero-order chi connectivity index (χ0) is 11.7. The smallest absolute Gasteiger partial charge is 0.237 e. The first-order chi connectivity index (χ1) is 7.58. The zero-order valence-corrected chi connectivity index (χ0v) is 10.1. The molecule has 1 fully saturated rings. The Kier molecular flexibility index (Phi) is 3.08. The Bertz CT molecular complexity index is 380. The van der Waals surface area contributed by atoms with Gasteiger partial charge in [0.15, 0.2) is 5.82 Å². The van der Waals surface area contributed by atoms with Crippen molar-refractivity contribution in [2.24, 2.45) is 11.8 Å². The monoisotopic (exact) mass is 222 g/mol. The molecule has 0 radical (unpaired) electrons. The van der Waals surface area contributed by atoms with Gasteiger partial charge in [-0.3, -0.25) is 4.79 Å². The molecule has 1 unspecified atom stereocenters. The summed E-state index contributed by atoms with van der Waals surface area (Å²) in [7, 11) is 0. The zero-order valence-electron chi connectivity index (χ0n) is 10.1. The molecule has 1 aliphatic rings. The summed E-state index contributed by atoms with van der Waals surface area (Å²) in [6.07, 6.45) is 3.43. The average Bonchev–Trinajstić information content (AvgIpc) is 2.85. The van der Waals surface area contributed by atoms with E-state index in [1.54, 1.807) is 6.92 Å². The maximum Gasteiger partial charge on any atom is 0.237 e. The van der Waals surface area contributed by atoms with Crippen LogP contribution >= 0.6 is 0 Å². The van der Waals surface area contributed by atoms with Crippen molar-refractivity contribution in [3.05, 3.63) is 11.7 Å². The number of hydrogen-bond donors (Lipinski definition) is 0. The lowest BCUT2D eigenvalue weighted by molar-refractivity contribution is -0.119. The highest BCUT2D eigenvalue weighted by Gasteiger charge is 2.29. The molecule has 0 N–H and O–H groups in total. The molecule has 0 aromatic carbocycles. The summed E-state index contributed by atoms with van der Waals surface area (Å²) in [5.41, 5.74) is 0. The largest absolute Gasteiger partial charge is 0.339 e. The maximum absolute atomic E-state index is 11.5. The van der Waals surface area contributed by atoms with E-state index in [4.69, 9.17) is 4.52 Å². The predicted molar refractivity (Wildman–Crippen MR) is 59.0 cm³/mol. The van der Waals surface area contributed by atoms with Crippen LogP contribution in [0.5, 0.6) is 0 Å².